The molecule has 102 valence electrons. The molecule has 0 fully saturated rings. The maximum atomic E-state index is 8.93. The Balaban J connectivity index is 2.68. The lowest BCUT2D eigenvalue weighted by Crippen LogP contribution is -2.20. The van der Waals surface area contributed by atoms with Gasteiger partial charge >= 0.3 is 0 Å². The van der Waals surface area contributed by atoms with E-state index < -0.39 is 68.1 Å². The largest absolute Gasteiger partial charge is 0.366 e. The van der Waals surface area contributed by atoms with Crippen molar-refractivity contribution in [2.45, 2.75) is 6.08 Å². The van der Waals surface area contributed by atoms with Crippen LogP contribution in [0.2, 0.25) is 0 Å². The van der Waals surface area contributed by atoms with E-state index in [4.69, 9.17) is 21.2 Å². The first-order valence-corrected chi connectivity index (χ1v) is 5.51. The van der Waals surface area contributed by atoms with E-state index in [0.29, 0.717) is 4.68 Å². The quantitative estimate of drug-likeness (QED) is 0.806. The van der Waals surface area contributed by atoms with Crippen LogP contribution in [0.1, 0.15) is 33.8 Å². The molecular formula is C15H21N3O. The standard InChI is InChI=1S/C15H21N3O/c1-17(2)11-12-19-15(13-7-5-4-6-8-13)14-9-10-16-18(14)3/h4-10,15H,11-12H2,1-3H3/i1D3,3D3,4D,5D,6D,7D,8D,15D. The first-order valence-electron chi connectivity index (χ1n) is 11.5. The average Bonchev–Trinajstić information content (AvgIpc) is 3.15. The van der Waals surface area contributed by atoms with Gasteiger partial charge in [0.1, 0.15) is 6.08 Å². The van der Waals surface area contributed by atoms with Crippen LogP contribution in [0.15, 0.2) is 42.5 Å². The molecule has 1 aromatic heterocycles. The maximum absolute atomic E-state index is 8.93. The van der Waals surface area contributed by atoms with Crippen LogP contribution in [0, 0.1) is 0 Å². The third-order valence-electron chi connectivity index (χ3n) is 2.28. The fourth-order valence-corrected chi connectivity index (χ4v) is 1.40. The molecule has 2 rings (SSSR count). The Morgan fingerprint density at radius 1 is 1.53 bits per heavy atom. The van der Waals surface area contributed by atoms with Gasteiger partial charge in [0, 0.05) is 27.9 Å². The summed E-state index contributed by atoms with van der Waals surface area (Å²) in [6, 6.07) is -2.50. The molecule has 1 atom stereocenters. The maximum Gasteiger partial charge on any atom is 0.124 e. The number of hydrogen-bond acceptors (Lipinski definition) is 3. The summed E-state index contributed by atoms with van der Waals surface area (Å²) in [5, 5.41) is 3.68. The van der Waals surface area contributed by atoms with Crippen molar-refractivity contribution >= 4 is 0 Å². The van der Waals surface area contributed by atoms with Gasteiger partial charge in [0.05, 0.1) is 20.5 Å². The van der Waals surface area contributed by atoms with Crippen LogP contribution < -0.4 is 0 Å². The second-order valence-corrected chi connectivity index (χ2v) is 3.73. The van der Waals surface area contributed by atoms with E-state index in [1.54, 1.807) is 0 Å². The highest BCUT2D eigenvalue weighted by Gasteiger charge is 2.17. The van der Waals surface area contributed by atoms with Gasteiger partial charge in [-0.25, -0.2) is 0 Å². The molecule has 0 N–H and O–H groups in total. The van der Waals surface area contributed by atoms with Gasteiger partial charge in [-0.3, -0.25) is 4.68 Å². The highest BCUT2D eigenvalue weighted by molar-refractivity contribution is 5.25. The number of nitrogens with zero attached hydrogens (tertiary/aromatic N) is 3. The van der Waals surface area contributed by atoms with Crippen LogP contribution in [0.4, 0.5) is 0 Å². The first kappa shape index (κ1) is 5.04. The van der Waals surface area contributed by atoms with Crippen molar-refractivity contribution in [3.05, 3.63) is 53.7 Å². The van der Waals surface area contributed by atoms with Crippen LogP contribution in [0.25, 0.3) is 0 Å². The summed E-state index contributed by atoms with van der Waals surface area (Å²) < 4.78 is 99.9. The van der Waals surface area contributed by atoms with Crippen LogP contribution in [-0.2, 0) is 11.7 Å². The lowest BCUT2D eigenvalue weighted by atomic mass is 10.1. The van der Waals surface area contributed by atoms with Crippen molar-refractivity contribution in [3.8, 4) is 0 Å². The average molecular weight is 271 g/mol. The Morgan fingerprint density at radius 3 is 3.11 bits per heavy atom. The molecule has 4 nitrogen and oxygen atoms in total. The Hall–Kier alpha value is -1.65. The highest BCUT2D eigenvalue weighted by Crippen LogP contribution is 2.25. The molecule has 2 aromatic rings. The second-order valence-electron chi connectivity index (χ2n) is 3.73. The Bertz CT molecular complexity index is 925. The van der Waals surface area contributed by atoms with E-state index in [1.807, 2.05) is 0 Å². The number of rotatable bonds is 6. The van der Waals surface area contributed by atoms with Crippen molar-refractivity contribution in [1.29, 1.82) is 0 Å². The Morgan fingerprint density at radius 2 is 2.37 bits per heavy atom. The smallest absolute Gasteiger partial charge is 0.124 e. The fourth-order valence-electron chi connectivity index (χ4n) is 1.40. The number of aromatic nitrogens is 2. The zero-order valence-electron chi connectivity index (χ0n) is 22.3. The van der Waals surface area contributed by atoms with Gasteiger partial charge in [0.2, 0.25) is 0 Å². The molecule has 4 heteroatoms. The minimum Gasteiger partial charge on any atom is -0.366 e. The van der Waals surface area contributed by atoms with Crippen molar-refractivity contribution in [2.24, 2.45) is 6.98 Å². The Labute approximate surface area is 131 Å². The second kappa shape index (κ2) is 6.50. The topological polar surface area (TPSA) is 30.3 Å². The minimum atomic E-state index is -2.85. The zero-order chi connectivity index (χ0) is 23.9. The van der Waals surface area contributed by atoms with Gasteiger partial charge < -0.3 is 9.64 Å². The normalized spacial score (nSPS) is 24.9. The summed E-state index contributed by atoms with van der Waals surface area (Å²) in [6.45, 7) is -5.94. The minimum absolute atomic E-state index is 0.211. The van der Waals surface area contributed by atoms with E-state index in [0.717, 1.165) is 17.2 Å². The van der Waals surface area contributed by atoms with Crippen molar-refractivity contribution < 1.29 is 21.2 Å². The molecule has 1 unspecified atom stereocenters. The zero-order valence-corrected chi connectivity index (χ0v) is 10.3. The van der Waals surface area contributed by atoms with Crippen LogP contribution in [-0.4, -0.2) is 41.9 Å². The van der Waals surface area contributed by atoms with E-state index >= 15 is 0 Å². The van der Waals surface area contributed by atoms with Crippen molar-refractivity contribution in [3.63, 3.8) is 0 Å². The number of aryl methyl sites for hydroxylation is 1. The van der Waals surface area contributed by atoms with E-state index in [1.165, 1.54) is 7.05 Å². The molecular weight excluding hydrogens is 238 g/mol. The van der Waals surface area contributed by atoms with Gasteiger partial charge in [0.25, 0.3) is 0 Å². The molecule has 19 heavy (non-hydrogen) atoms. The van der Waals surface area contributed by atoms with E-state index in [2.05, 4.69) is 5.10 Å². The predicted octanol–water partition coefficient (Wildman–Crippen LogP) is 2.09. The summed E-state index contributed by atoms with van der Waals surface area (Å²) in [6.07, 6.45) is -1.51. The molecule has 1 aromatic carbocycles. The molecule has 1 heterocycles. The van der Waals surface area contributed by atoms with Gasteiger partial charge in [-0.1, -0.05) is 30.2 Å². The summed E-state index contributed by atoms with van der Waals surface area (Å²) in [5.74, 6) is 0. The van der Waals surface area contributed by atoms with Crippen LogP contribution >= 0.6 is 0 Å². The van der Waals surface area contributed by atoms with Crippen LogP contribution in [0.3, 0.4) is 0 Å². The van der Waals surface area contributed by atoms with Gasteiger partial charge in [-0.2, -0.15) is 5.10 Å². The SMILES string of the molecule is [2H]c1c([2H])c([2H])c(C([2H])(OCCN(C)C([2H])([2H])[2H])c2ccnn2C([2H])([2H])[2H])c([2H])c1[2H]. The van der Waals surface area contributed by atoms with Crippen LogP contribution in [0.5, 0.6) is 0 Å². The van der Waals surface area contributed by atoms with Gasteiger partial charge in [-0.15, -0.1) is 0 Å². The monoisotopic (exact) mass is 271 g/mol. The third kappa shape index (κ3) is 3.66. The summed E-state index contributed by atoms with van der Waals surface area (Å²) >= 11 is 0. The third-order valence-corrected chi connectivity index (χ3v) is 2.28. The van der Waals surface area contributed by atoms with Gasteiger partial charge in [0.15, 0.2) is 0 Å². The lowest BCUT2D eigenvalue weighted by molar-refractivity contribution is 0.0638. The number of ether oxygens (including phenoxy) is 1. The van der Waals surface area contributed by atoms with Crippen molar-refractivity contribution in [2.75, 3.05) is 27.2 Å². The number of hydrogen-bond donors (Lipinski definition) is 0. The van der Waals surface area contributed by atoms with E-state index in [9.17, 15) is 0 Å². The molecule has 0 bridgehead atoms. The highest BCUT2D eigenvalue weighted by atomic mass is 16.5. The molecule has 0 aliphatic carbocycles. The lowest BCUT2D eigenvalue weighted by Gasteiger charge is -2.20. The molecule has 0 aliphatic rings. The summed E-state index contributed by atoms with van der Waals surface area (Å²) in [7, 11) is 1.29. The summed E-state index contributed by atoms with van der Waals surface area (Å²) in [5.41, 5.74) is -1.01. The van der Waals surface area contributed by atoms with Crippen molar-refractivity contribution in [1.82, 2.24) is 14.7 Å². The molecule has 0 aliphatic heterocycles. The predicted molar refractivity (Wildman–Crippen MR) is 76.0 cm³/mol. The molecule has 0 saturated heterocycles. The molecule has 0 radical (unpaired) electrons. The fraction of sp³-hybridized carbons (Fsp3) is 0.400. The van der Waals surface area contributed by atoms with E-state index in [-0.39, 0.29) is 6.54 Å². The molecule has 0 spiro atoms. The van der Waals surface area contributed by atoms with Gasteiger partial charge in [-0.05, 0) is 25.7 Å². The molecule has 0 saturated carbocycles. The number of likely N-dealkylation sites (N-methyl/N-ethyl adjacent to an activating group) is 1. The Kier molecular flexibility index (Phi) is 1.72. The summed E-state index contributed by atoms with van der Waals surface area (Å²) in [4.78, 5) is 0.955. The first-order chi connectivity index (χ1) is 14.0. The molecule has 0 amide bonds. The number of benzene rings is 1.